The first-order chi connectivity index (χ1) is 6.38. The van der Waals surface area contributed by atoms with Crippen molar-refractivity contribution >= 4 is 22.5 Å². The quantitative estimate of drug-likeness (QED) is 0.679. The predicted molar refractivity (Wildman–Crippen MR) is 55.3 cm³/mol. The third-order valence-electron chi connectivity index (χ3n) is 1.81. The number of nitriles is 1. The zero-order valence-corrected chi connectivity index (χ0v) is 7.84. The van der Waals surface area contributed by atoms with E-state index in [4.69, 9.17) is 5.26 Å². The van der Waals surface area contributed by atoms with E-state index in [9.17, 15) is 0 Å². The summed E-state index contributed by atoms with van der Waals surface area (Å²) in [4.78, 5) is 4.40. The molecule has 1 heterocycles. The van der Waals surface area contributed by atoms with Gasteiger partial charge in [-0.15, -0.1) is 11.8 Å². The van der Waals surface area contributed by atoms with E-state index in [2.05, 4.69) is 11.1 Å². The van der Waals surface area contributed by atoms with Gasteiger partial charge in [0.2, 0.25) is 0 Å². The summed E-state index contributed by atoms with van der Waals surface area (Å²) < 4.78 is 0. The topological polar surface area (TPSA) is 36.1 Å². The lowest BCUT2D eigenvalue weighted by Gasteiger charge is -2.13. The molecule has 0 unspecified atom stereocenters. The molecule has 1 aliphatic rings. The lowest BCUT2D eigenvalue weighted by atomic mass is 10.2. The van der Waals surface area contributed by atoms with Gasteiger partial charge in [0.25, 0.3) is 0 Å². The maximum Gasteiger partial charge on any atom is 0.0992 e. The molecule has 64 valence electrons. The number of thioether (sulfide) groups is 1. The average molecular weight is 188 g/mol. The number of hydrogen-bond acceptors (Lipinski definition) is 3. The molecule has 3 heteroatoms. The van der Waals surface area contributed by atoms with E-state index < -0.39 is 0 Å². The molecule has 1 aliphatic heterocycles. The van der Waals surface area contributed by atoms with Crippen LogP contribution in [0.25, 0.3) is 0 Å². The first kappa shape index (κ1) is 8.33. The highest BCUT2D eigenvalue weighted by Crippen LogP contribution is 2.25. The fourth-order valence-electron chi connectivity index (χ4n) is 1.07. The fraction of sp³-hybridized carbons (Fsp3) is 0.200. The van der Waals surface area contributed by atoms with Crippen LogP contribution in [0.4, 0.5) is 5.69 Å². The van der Waals surface area contributed by atoms with Crippen LogP contribution < -0.4 is 0 Å². The standard InChI is InChI=1S/C10H8N2S/c11-7-8-2-1-3-9(6-8)12-10-4-5-13-10/h1-3,6H,4-5H2. The van der Waals surface area contributed by atoms with Crippen LogP contribution in [0.5, 0.6) is 0 Å². The molecule has 1 saturated heterocycles. The normalized spacial score (nSPS) is 17.9. The van der Waals surface area contributed by atoms with Crippen molar-refractivity contribution in [1.82, 2.24) is 0 Å². The van der Waals surface area contributed by atoms with Crippen LogP contribution in [0.1, 0.15) is 12.0 Å². The van der Waals surface area contributed by atoms with E-state index in [1.807, 2.05) is 18.2 Å². The van der Waals surface area contributed by atoms with Crippen molar-refractivity contribution in [2.75, 3.05) is 5.75 Å². The molecule has 0 saturated carbocycles. The highest BCUT2D eigenvalue weighted by molar-refractivity contribution is 8.15. The van der Waals surface area contributed by atoms with Gasteiger partial charge in [-0.3, -0.25) is 0 Å². The minimum atomic E-state index is 0.672. The summed E-state index contributed by atoms with van der Waals surface area (Å²) in [6.07, 6.45) is 1.08. The molecule has 0 radical (unpaired) electrons. The monoisotopic (exact) mass is 188 g/mol. The third-order valence-corrected chi connectivity index (χ3v) is 2.85. The van der Waals surface area contributed by atoms with E-state index in [-0.39, 0.29) is 0 Å². The van der Waals surface area contributed by atoms with Gasteiger partial charge in [-0.1, -0.05) is 6.07 Å². The summed E-state index contributed by atoms with van der Waals surface area (Å²) in [5.41, 5.74) is 1.56. The van der Waals surface area contributed by atoms with Crippen molar-refractivity contribution in [3.8, 4) is 6.07 Å². The highest BCUT2D eigenvalue weighted by Gasteiger charge is 2.10. The van der Waals surface area contributed by atoms with Crippen LogP contribution in [0.2, 0.25) is 0 Å². The minimum absolute atomic E-state index is 0.672. The largest absolute Gasteiger partial charge is 0.247 e. The fourth-order valence-corrected chi connectivity index (χ4v) is 1.63. The molecule has 0 atom stereocenters. The van der Waals surface area contributed by atoms with Crippen LogP contribution in [0.15, 0.2) is 29.3 Å². The summed E-state index contributed by atoms with van der Waals surface area (Å²) in [5, 5.41) is 9.84. The smallest absolute Gasteiger partial charge is 0.0992 e. The molecule has 0 spiro atoms. The van der Waals surface area contributed by atoms with Gasteiger partial charge in [0.1, 0.15) is 0 Å². The summed E-state index contributed by atoms with van der Waals surface area (Å²) in [6.45, 7) is 0. The zero-order valence-electron chi connectivity index (χ0n) is 7.03. The van der Waals surface area contributed by atoms with Crippen molar-refractivity contribution < 1.29 is 0 Å². The molecule has 1 aromatic carbocycles. The van der Waals surface area contributed by atoms with Crippen LogP contribution in [-0.4, -0.2) is 10.8 Å². The zero-order chi connectivity index (χ0) is 9.10. The summed E-state index contributed by atoms with van der Waals surface area (Å²) in [7, 11) is 0. The second-order valence-electron chi connectivity index (χ2n) is 2.77. The predicted octanol–water partition coefficient (Wildman–Crippen LogP) is 2.73. The first-order valence-electron chi connectivity index (χ1n) is 4.09. The van der Waals surface area contributed by atoms with Gasteiger partial charge in [0.05, 0.1) is 22.4 Å². The van der Waals surface area contributed by atoms with Crippen LogP contribution >= 0.6 is 11.8 Å². The Morgan fingerprint density at radius 2 is 2.31 bits per heavy atom. The molecular weight excluding hydrogens is 180 g/mol. The van der Waals surface area contributed by atoms with E-state index >= 15 is 0 Å². The Bertz CT molecular complexity index is 384. The molecule has 1 aromatic rings. The van der Waals surface area contributed by atoms with Crippen molar-refractivity contribution in [3.63, 3.8) is 0 Å². The van der Waals surface area contributed by atoms with Gasteiger partial charge in [0, 0.05) is 12.2 Å². The molecule has 2 rings (SSSR count). The second kappa shape index (κ2) is 3.63. The lowest BCUT2D eigenvalue weighted by molar-refractivity contribution is 1.28. The molecule has 0 N–H and O–H groups in total. The number of nitrogens with zero attached hydrogens (tertiary/aromatic N) is 2. The molecule has 2 nitrogen and oxygen atoms in total. The number of aliphatic imine (C=N–C) groups is 1. The molecule has 0 amide bonds. The average Bonchev–Trinajstić information content (AvgIpc) is 2.12. The molecule has 0 aromatic heterocycles. The van der Waals surface area contributed by atoms with Crippen molar-refractivity contribution in [2.45, 2.75) is 6.42 Å². The van der Waals surface area contributed by atoms with E-state index in [0.29, 0.717) is 5.56 Å². The van der Waals surface area contributed by atoms with Crippen molar-refractivity contribution in [3.05, 3.63) is 29.8 Å². The van der Waals surface area contributed by atoms with Crippen LogP contribution in [0.3, 0.4) is 0 Å². The Balaban J connectivity index is 2.26. The second-order valence-corrected chi connectivity index (χ2v) is 3.93. The lowest BCUT2D eigenvalue weighted by Crippen LogP contribution is -2.06. The Kier molecular flexibility index (Phi) is 2.33. The Morgan fingerprint density at radius 3 is 2.92 bits per heavy atom. The van der Waals surface area contributed by atoms with Crippen molar-refractivity contribution in [1.29, 1.82) is 5.26 Å². The molecule has 0 bridgehead atoms. The number of benzene rings is 1. The SMILES string of the molecule is N#Cc1cccc(N=C2CCS2)c1. The van der Waals surface area contributed by atoms with Crippen LogP contribution in [0, 0.1) is 11.3 Å². The van der Waals surface area contributed by atoms with E-state index in [1.54, 1.807) is 17.8 Å². The van der Waals surface area contributed by atoms with E-state index in [0.717, 1.165) is 12.1 Å². The Labute approximate surface area is 81.3 Å². The molecule has 13 heavy (non-hydrogen) atoms. The van der Waals surface area contributed by atoms with E-state index in [1.165, 1.54) is 10.8 Å². The summed E-state index contributed by atoms with van der Waals surface area (Å²) >= 11 is 1.78. The molecular formula is C10H8N2S. The van der Waals surface area contributed by atoms with Crippen LogP contribution in [-0.2, 0) is 0 Å². The molecule has 1 fully saturated rings. The highest BCUT2D eigenvalue weighted by atomic mass is 32.2. The Hall–Kier alpha value is -1.27. The van der Waals surface area contributed by atoms with Gasteiger partial charge in [0.15, 0.2) is 0 Å². The number of rotatable bonds is 1. The van der Waals surface area contributed by atoms with Gasteiger partial charge >= 0.3 is 0 Å². The minimum Gasteiger partial charge on any atom is -0.247 e. The first-order valence-corrected chi connectivity index (χ1v) is 5.07. The van der Waals surface area contributed by atoms with Gasteiger partial charge in [-0.25, -0.2) is 4.99 Å². The Morgan fingerprint density at radius 1 is 1.46 bits per heavy atom. The van der Waals surface area contributed by atoms with Crippen molar-refractivity contribution in [2.24, 2.45) is 4.99 Å². The van der Waals surface area contributed by atoms with Gasteiger partial charge in [-0.05, 0) is 18.2 Å². The number of hydrogen-bond donors (Lipinski definition) is 0. The summed E-state index contributed by atoms with van der Waals surface area (Å²) in [6, 6.07) is 9.49. The summed E-state index contributed by atoms with van der Waals surface area (Å²) in [5.74, 6) is 1.18. The molecule has 0 aliphatic carbocycles. The maximum absolute atomic E-state index is 8.66. The maximum atomic E-state index is 8.66. The third kappa shape index (κ3) is 1.90. The van der Waals surface area contributed by atoms with Gasteiger partial charge < -0.3 is 0 Å². The van der Waals surface area contributed by atoms with Gasteiger partial charge in [-0.2, -0.15) is 5.26 Å².